The fraction of sp³-hybridized carbons (Fsp3) is 0.471. The Balaban J connectivity index is 2.19. The van der Waals surface area contributed by atoms with E-state index < -0.39 is 0 Å². The maximum atomic E-state index is 12.8. The van der Waals surface area contributed by atoms with Gasteiger partial charge in [-0.1, -0.05) is 28.9 Å². The number of hydrogen-bond acceptors (Lipinski definition) is 2. The number of aliphatic hydroxyl groups excluding tert-OH is 1. The second-order valence-electron chi connectivity index (χ2n) is 5.83. The van der Waals surface area contributed by atoms with Crippen LogP contribution in [0.1, 0.15) is 43.7 Å². The molecule has 0 amide bonds. The number of carbonyl (C=O) groups excluding carboxylic acids is 1. The standard InChI is InChI=1S/C17H19BrO2/c1-2-10-7-8-13(18)9-14(10)15-16(19)11-3-4-12(6-5-11)17(15)20/h7-9,11-12,19H,2-6H2,1H3/t11-,12+. The average Bonchev–Trinajstić information content (AvgIpc) is 2.65. The van der Waals surface area contributed by atoms with E-state index in [4.69, 9.17) is 0 Å². The summed E-state index contributed by atoms with van der Waals surface area (Å²) >= 11 is 3.48. The van der Waals surface area contributed by atoms with Crippen molar-refractivity contribution in [3.05, 3.63) is 39.6 Å². The zero-order valence-electron chi connectivity index (χ0n) is 11.7. The minimum atomic E-state index is 0.106. The van der Waals surface area contributed by atoms with Crippen LogP contribution in [0.2, 0.25) is 0 Å². The summed E-state index contributed by atoms with van der Waals surface area (Å²) in [6.45, 7) is 2.08. The van der Waals surface area contributed by atoms with E-state index in [0.717, 1.165) is 47.7 Å². The summed E-state index contributed by atoms with van der Waals surface area (Å²) in [4.78, 5) is 12.8. The largest absolute Gasteiger partial charge is 0.511 e. The molecule has 3 heteroatoms. The van der Waals surface area contributed by atoms with Crippen LogP contribution < -0.4 is 0 Å². The zero-order valence-corrected chi connectivity index (χ0v) is 13.2. The fourth-order valence-corrected chi connectivity index (χ4v) is 3.89. The second kappa shape index (κ2) is 5.36. The van der Waals surface area contributed by atoms with E-state index in [0.29, 0.717) is 11.3 Å². The average molecular weight is 335 g/mol. The van der Waals surface area contributed by atoms with Crippen molar-refractivity contribution in [2.24, 2.45) is 11.8 Å². The van der Waals surface area contributed by atoms with Gasteiger partial charge in [0, 0.05) is 16.3 Å². The molecule has 1 aromatic carbocycles. The number of ketones is 1. The van der Waals surface area contributed by atoms with Crippen LogP contribution in [0.4, 0.5) is 0 Å². The van der Waals surface area contributed by atoms with E-state index in [1.54, 1.807) is 0 Å². The van der Waals surface area contributed by atoms with Crippen LogP contribution >= 0.6 is 15.9 Å². The Morgan fingerprint density at radius 3 is 2.50 bits per heavy atom. The molecule has 0 atom stereocenters. The number of benzene rings is 1. The molecule has 0 heterocycles. The van der Waals surface area contributed by atoms with Crippen molar-refractivity contribution < 1.29 is 9.90 Å². The molecule has 106 valence electrons. The van der Waals surface area contributed by atoms with Gasteiger partial charge in [-0.3, -0.25) is 4.79 Å². The molecule has 4 rings (SSSR count). The molecule has 0 saturated heterocycles. The summed E-state index contributed by atoms with van der Waals surface area (Å²) < 4.78 is 0.953. The van der Waals surface area contributed by atoms with Gasteiger partial charge in [0.15, 0.2) is 5.78 Å². The Morgan fingerprint density at radius 2 is 1.85 bits per heavy atom. The monoisotopic (exact) mass is 334 g/mol. The third-order valence-corrected chi connectivity index (χ3v) is 5.20. The molecule has 3 aliphatic rings. The third kappa shape index (κ3) is 2.22. The van der Waals surface area contributed by atoms with Crippen molar-refractivity contribution in [3.63, 3.8) is 0 Å². The molecule has 0 spiro atoms. The minimum absolute atomic E-state index is 0.106. The SMILES string of the molecule is CCc1ccc(Br)cc1C1=C(O)[C@H]2CC[C@H](CC2)C1=O. The predicted octanol–water partition coefficient (Wildman–Crippen LogP) is 4.67. The van der Waals surface area contributed by atoms with E-state index in [-0.39, 0.29) is 17.6 Å². The lowest BCUT2D eigenvalue weighted by atomic mass is 9.82. The smallest absolute Gasteiger partial charge is 0.169 e. The third-order valence-electron chi connectivity index (χ3n) is 4.71. The van der Waals surface area contributed by atoms with Gasteiger partial charge >= 0.3 is 0 Å². The van der Waals surface area contributed by atoms with Crippen LogP contribution in [-0.2, 0) is 11.2 Å². The van der Waals surface area contributed by atoms with Gasteiger partial charge in [0.1, 0.15) is 5.76 Å². The summed E-state index contributed by atoms with van der Waals surface area (Å²) in [5.41, 5.74) is 2.64. The van der Waals surface area contributed by atoms with Crippen molar-refractivity contribution in [2.45, 2.75) is 39.0 Å². The first-order valence-electron chi connectivity index (χ1n) is 7.38. The first-order valence-corrected chi connectivity index (χ1v) is 8.17. The van der Waals surface area contributed by atoms with Crippen LogP contribution in [0.5, 0.6) is 0 Å². The van der Waals surface area contributed by atoms with Gasteiger partial charge in [0.2, 0.25) is 0 Å². The van der Waals surface area contributed by atoms with E-state index in [9.17, 15) is 9.90 Å². The highest BCUT2D eigenvalue weighted by molar-refractivity contribution is 9.10. The molecular formula is C17H19BrO2. The molecular weight excluding hydrogens is 316 g/mol. The minimum Gasteiger partial charge on any atom is -0.511 e. The lowest BCUT2D eigenvalue weighted by Gasteiger charge is -2.21. The van der Waals surface area contributed by atoms with Crippen molar-refractivity contribution in [2.75, 3.05) is 0 Å². The van der Waals surface area contributed by atoms with Gasteiger partial charge in [0.05, 0.1) is 5.57 Å². The lowest BCUT2D eigenvalue weighted by molar-refractivity contribution is -0.117. The van der Waals surface area contributed by atoms with Crippen LogP contribution in [0.15, 0.2) is 28.4 Å². The highest BCUT2D eigenvalue weighted by Gasteiger charge is 2.38. The molecule has 1 fully saturated rings. The summed E-state index contributed by atoms with van der Waals surface area (Å²) in [7, 11) is 0. The highest BCUT2D eigenvalue weighted by atomic mass is 79.9. The number of aryl methyl sites for hydroxylation is 1. The number of halogens is 1. The van der Waals surface area contributed by atoms with Crippen molar-refractivity contribution >= 4 is 27.3 Å². The summed E-state index contributed by atoms with van der Waals surface area (Å²) in [6, 6.07) is 6.02. The number of aliphatic hydroxyl groups is 1. The van der Waals surface area contributed by atoms with Crippen LogP contribution in [0.25, 0.3) is 5.57 Å². The molecule has 2 bridgehead atoms. The molecule has 1 N–H and O–H groups in total. The maximum Gasteiger partial charge on any atom is 0.169 e. The Labute approximate surface area is 128 Å². The summed E-state index contributed by atoms with van der Waals surface area (Å²) in [6.07, 6.45) is 4.60. The summed E-state index contributed by atoms with van der Waals surface area (Å²) in [5, 5.41) is 10.6. The number of allylic oxidation sites excluding steroid dienone is 2. The molecule has 2 nitrogen and oxygen atoms in total. The number of carbonyl (C=O) groups is 1. The number of hydrogen-bond donors (Lipinski definition) is 1. The number of Topliss-reactive ketones (excluding diaryl/α,β-unsaturated/α-hetero) is 1. The molecule has 1 saturated carbocycles. The molecule has 1 aromatic rings. The molecule has 0 unspecified atom stereocenters. The molecule has 20 heavy (non-hydrogen) atoms. The predicted molar refractivity (Wildman–Crippen MR) is 83.5 cm³/mol. The molecule has 0 aromatic heterocycles. The van der Waals surface area contributed by atoms with Gasteiger partial charge in [-0.25, -0.2) is 0 Å². The fourth-order valence-electron chi connectivity index (χ4n) is 3.52. The van der Waals surface area contributed by atoms with Gasteiger partial charge in [-0.15, -0.1) is 0 Å². The first kappa shape index (κ1) is 13.9. The van der Waals surface area contributed by atoms with E-state index >= 15 is 0 Å². The second-order valence-corrected chi connectivity index (χ2v) is 6.74. The number of rotatable bonds is 2. The Kier molecular flexibility index (Phi) is 3.72. The molecule has 3 aliphatic carbocycles. The Morgan fingerprint density at radius 1 is 1.20 bits per heavy atom. The first-order chi connectivity index (χ1) is 9.61. The lowest BCUT2D eigenvalue weighted by Crippen LogP contribution is -2.17. The Bertz CT molecular complexity index is 581. The van der Waals surface area contributed by atoms with Crippen molar-refractivity contribution in [1.82, 2.24) is 0 Å². The normalized spacial score (nSPS) is 26.0. The van der Waals surface area contributed by atoms with E-state index in [1.165, 1.54) is 0 Å². The number of fused-ring (bicyclic) bond motifs is 3. The van der Waals surface area contributed by atoms with Crippen molar-refractivity contribution in [3.8, 4) is 0 Å². The summed E-state index contributed by atoms with van der Waals surface area (Å²) in [5.74, 6) is 0.768. The van der Waals surface area contributed by atoms with E-state index in [1.807, 2.05) is 18.2 Å². The molecule has 0 radical (unpaired) electrons. The van der Waals surface area contributed by atoms with Gasteiger partial charge in [-0.2, -0.15) is 0 Å². The van der Waals surface area contributed by atoms with E-state index in [2.05, 4.69) is 22.9 Å². The van der Waals surface area contributed by atoms with Crippen LogP contribution in [-0.4, -0.2) is 10.9 Å². The van der Waals surface area contributed by atoms with Gasteiger partial charge < -0.3 is 5.11 Å². The molecule has 0 aliphatic heterocycles. The van der Waals surface area contributed by atoms with Crippen LogP contribution in [0.3, 0.4) is 0 Å². The van der Waals surface area contributed by atoms with Gasteiger partial charge in [0.25, 0.3) is 0 Å². The van der Waals surface area contributed by atoms with Gasteiger partial charge in [-0.05, 0) is 55.4 Å². The quantitative estimate of drug-likeness (QED) is 0.853. The van der Waals surface area contributed by atoms with Crippen molar-refractivity contribution in [1.29, 1.82) is 0 Å². The highest BCUT2D eigenvalue weighted by Crippen LogP contribution is 2.43. The Hall–Kier alpha value is -1.09. The van der Waals surface area contributed by atoms with Crippen LogP contribution in [0, 0.1) is 11.8 Å². The zero-order chi connectivity index (χ0) is 14.3. The maximum absolute atomic E-state index is 12.8. The topological polar surface area (TPSA) is 37.3 Å².